The van der Waals surface area contributed by atoms with Gasteiger partial charge in [-0.2, -0.15) is 4.31 Å². The molecule has 0 radical (unpaired) electrons. The minimum atomic E-state index is -3.52. The number of sulfonamides is 1. The smallest absolute Gasteiger partial charge is 0.310 e. The summed E-state index contributed by atoms with van der Waals surface area (Å²) >= 11 is 0. The molecule has 0 aromatic heterocycles. The first-order valence-electron chi connectivity index (χ1n) is 6.72. The van der Waals surface area contributed by atoms with Gasteiger partial charge in [0.1, 0.15) is 0 Å². The van der Waals surface area contributed by atoms with Crippen molar-refractivity contribution in [3.05, 3.63) is 29.8 Å². The third kappa shape index (κ3) is 2.23. The number of hydrogen-bond donors (Lipinski definition) is 0. The van der Waals surface area contributed by atoms with Crippen molar-refractivity contribution in [2.24, 2.45) is 11.8 Å². The zero-order valence-corrected chi connectivity index (χ0v) is 12.1. The summed E-state index contributed by atoms with van der Waals surface area (Å²) in [5, 5.41) is 0. The quantitative estimate of drug-likeness (QED) is 0.769. The fraction of sp³-hybridized carbons (Fsp3) is 0.500. The summed E-state index contributed by atoms with van der Waals surface area (Å²) in [5.41, 5.74) is 1.02. The minimum absolute atomic E-state index is 0.173. The largest absolute Gasteiger partial charge is 0.465 e. The molecule has 0 amide bonds. The fourth-order valence-electron chi connectivity index (χ4n) is 2.81. The van der Waals surface area contributed by atoms with E-state index in [2.05, 4.69) is 0 Å². The molecule has 0 aliphatic carbocycles. The van der Waals surface area contributed by atoms with Crippen molar-refractivity contribution in [2.75, 3.05) is 19.7 Å². The maximum absolute atomic E-state index is 12.6. The van der Waals surface area contributed by atoms with Crippen molar-refractivity contribution in [2.45, 2.75) is 18.2 Å². The second-order valence-corrected chi connectivity index (χ2v) is 7.40. The highest BCUT2D eigenvalue weighted by atomic mass is 32.2. The van der Waals surface area contributed by atoms with E-state index in [1.165, 1.54) is 4.31 Å². The highest BCUT2D eigenvalue weighted by Crippen LogP contribution is 2.32. The van der Waals surface area contributed by atoms with Crippen LogP contribution in [0.4, 0.5) is 0 Å². The zero-order valence-electron chi connectivity index (χ0n) is 11.3. The number of aryl methyl sites for hydroxylation is 1. The van der Waals surface area contributed by atoms with Gasteiger partial charge in [0.05, 0.1) is 17.4 Å². The number of esters is 1. The van der Waals surface area contributed by atoms with Gasteiger partial charge >= 0.3 is 5.97 Å². The Morgan fingerprint density at radius 3 is 2.65 bits per heavy atom. The number of rotatable bonds is 2. The lowest BCUT2D eigenvalue weighted by Crippen LogP contribution is -2.44. The van der Waals surface area contributed by atoms with Crippen LogP contribution in [-0.2, 0) is 19.6 Å². The molecule has 20 heavy (non-hydrogen) atoms. The van der Waals surface area contributed by atoms with E-state index in [0.29, 0.717) is 19.6 Å². The number of carbonyl (C=O) groups is 1. The van der Waals surface area contributed by atoms with Gasteiger partial charge in [-0.3, -0.25) is 4.79 Å². The fourth-order valence-corrected chi connectivity index (χ4v) is 4.29. The topological polar surface area (TPSA) is 63.7 Å². The molecule has 1 aromatic carbocycles. The number of nitrogens with zero attached hydrogens (tertiary/aromatic N) is 1. The molecule has 0 bridgehead atoms. The summed E-state index contributed by atoms with van der Waals surface area (Å²) in [7, 11) is -3.52. The van der Waals surface area contributed by atoms with E-state index in [4.69, 9.17) is 4.74 Å². The molecule has 2 heterocycles. The van der Waals surface area contributed by atoms with Crippen LogP contribution in [0.5, 0.6) is 0 Å². The van der Waals surface area contributed by atoms with Crippen molar-refractivity contribution < 1.29 is 17.9 Å². The van der Waals surface area contributed by atoms with E-state index < -0.39 is 10.0 Å². The van der Waals surface area contributed by atoms with E-state index in [1.807, 2.05) is 6.92 Å². The Hall–Kier alpha value is -1.40. The van der Waals surface area contributed by atoms with E-state index in [1.54, 1.807) is 24.3 Å². The number of carbonyl (C=O) groups excluding carboxylic acids is 1. The molecule has 3 rings (SSSR count). The van der Waals surface area contributed by atoms with E-state index >= 15 is 0 Å². The zero-order chi connectivity index (χ0) is 14.3. The van der Waals surface area contributed by atoms with Crippen LogP contribution in [0.2, 0.25) is 0 Å². The maximum Gasteiger partial charge on any atom is 0.310 e. The number of benzene rings is 1. The highest BCUT2D eigenvalue weighted by Gasteiger charge is 2.44. The van der Waals surface area contributed by atoms with Crippen LogP contribution in [0.3, 0.4) is 0 Å². The summed E-state index contributed by atoms with van der Waals surface area (Å²) in [4.78, 5) is 11.9. The van der Waals surface area contributed by atoms with Crippen LogP contribution in [0, 0.1) is 18.8 Å². The molecule has 2 aliphatic heterocycles. The Balaban J connectivity index is 1.85. The third-order valence-electron chi connectivity index (χ3n) is 4.12. The second kappa shape index (κ2) is 4.86. The van der Waals surface area contributed by atoms with Crippen LogP contribution >= 0.6 is 0 Å². The molecule has 0 N–H and O–H groups in total. The van der Waals surface area contributed by atoms with Crippen LogP contribution in [0.1, 0.15) is 12.0 Å². The molecule has 2 fully saturated rings. The highest BCUT2D eigenvalue weighted by molar-refractivity contribution is 7.89. The molecule has 2 aliphatic rings. The molecule has 5 nitrogen and oxygen atoms in total. The predicted octanol–water partition coefficient (Wildman–Crippen LogP) is 1.18. The van der Waals surface area contributed by atoms with Crippen LogP contribution in [0.25, 0.3) is 0 Å². The van der Waals surface area contributed by atoms with Crippen molar-refractivity contribution in [1.29, 1.82) is 0 Å². The Kier molecular flexibility index (Phi) is 3.30. The number of fused-ring (bicyclic) bond motifs is 1. The Morgan fingerprint density at radius 1 is 1.25 bits per heavy atom. The molecule has 1 aromatic rings. The predicted molar refractivity (Wildman–Crippen MR) is 72.5 cm³/mol. The van der Waals surface area contributed by atoms with Crippen LogP contribution in [-0.4, -0.2) is 38.4 Å². The second-order valence-electron chi connectivity index (χ2n) is 5.46. The lowest BCUT2D eigenvalue weighted by molar-refractivity contribution is -0.141. The monoisotopic (exact) mass is 295 g/mol. The molecule has 0 saturated carbocycles. The first-order chi connectivity index (χ1) is 9.48. The van der Waals surface area contributed by atoms with Gasteiger partial charge in [-0.1, -0.05) is 17.7 Å². The maximum atomic E-state index is 12.6. The Labute approximate surface area is 118 Å². The number of ether oxygens (including phenoxy) is 1. The van der Waals surface area contributed by atoms with Gasteiger partial charge in [-0.15, -0.1) is 0 Å². The van der Waals surface area contributed by atoms with Gasteiger partial charge in [0.25, 0.3) is 0 Å². The summed E-state index contributed by atoms with van der Waals surface area (Å²) in [6, 6.07) is 6.79. The number of piperidine rings is 1. The van der Waals surface area contributed by atoms with E-state index in [9.17, 15) is 13.2 Å². The molecule has 2 atom stereocenters. The van der Waals surface area contributed by atoms with Crippen LogP contribution < -0.4 is 0 Å². The molecule has 0 unspecified atom stereocenters. The SMILES string of the molecule is Cc1ccc(S(=O)(=O)N2CC[C@@H]3COC(=O)[C@H]3C2)cc1. The van der Waals surface area contributed by atoms with E-state index in [-0.39, 0.29) is 29.2 Å². The first-order valence-corrected chi connectivity index (χ1v) is 8.16. The van der Waals surface area contributed by atoms with Gasteiger partial charge in [-0.05, 0) is 25.5 Å². The first kappa shape index (κ1) is 13.6. The summed E-state index contributed by atoms with van der Waals surface area (Å²) in [6.45, 7) is 3.03. The molecule has 6 heteroatoms. The molecule has 0 spiro atoms. The number of cyclic esters (lactones) is 1. The Morgan fingerprint density at radius 2 is 1.95 bits per heavy atom. The lowest BCUT2D eigenvalue weighted by atomic mass is 9.89. The van der Waals surface area contributed by atoms with E-state index in [0.717, 1.165) is 5.56 Å². The van der Waals surface area contributed by atoms with Crippen molar-refractivity contribution in [1.82, 2.24) is 4.31 Å². The van der Waals surface area contributed by atoms with Gasteiger partial charge in [0.15, 0.2) is 0 Å². The molecular weight excluding hydrogens is 278 g/mol. The van der Waals surface area contributed by atoms with Crippen molar-refractivity contribution >= 4 is 16.0 Å². The molecular formula is C14H17NO4S. The molecule has 2 saturated heterocycles. The summed E-state index contributed by atoms with van der Waals surface area (Å²) in [6.07, 6.45) is 0.682. The molecule has 108 valence electrons. The average Bonchev–Trinajstić information content (AvgIpc) is 2.80. The third-order valence-corrected chi connectivity index (χ3v) is 6.00. The van der Waals surface area contributed by atoms with Crippen molar-refractivity contribution in [3.63, 3.8) is 0 Å². The number of hydrogen-bond acceptors (Lipinski definition) is 4. The van der Waals surface area contributed by atoms with Gasteiger partial charge in [-0.25, -0.2) is 8.42 Å². The van der Waals surface area contributed by atoms with Gasteiger partial charge in [0.2, 0.25) is 10.0 Å². The Bertz CT molecular complexity index is 623. The van der Waals surface area contributed by atoms with Gasteiger partial charge in [0, 0.05) is 19.0 Å². The minimum Gasteiger partial charge on any atom is -0.465 e. The lowest BCUT2D eigenvalue weighted by Gasteiger charge is -2.31. The standard InChI is InChI=1S/C14H17NO4S/c1-10-2-4-12(5-3-10)20(17,18)15-7-6-11-9-19-14(16)13(11)8-15/h2-5,11,13H,6-9H2,1H3/t11-,13+/m1/s1. The summed E-state index contributed by atoms with van der Waals surface area (Å²) < 4.78 is 31.6. The normalized spacial score (nSPS) is 27.1. The average molecular weight is 295 g/mol. The van der Waals surface area contributed by atoms with Crippen molar-refractivity contribution in [3.8, 4) is 0 Å². The van der Waals surface area contributed by atoms with Gasteiger partial charge < -0.3 is 4.74 Å². The van der Waals surface area contributed by atoms with Crippen LogP contribution in [0.15, 0.2) is 29.2 Å². The summed E-state index contributed by atoms with van der Waals surface area (Å²) in [5.74, 6) is -0.394.